The van der Waals surface area contributed by atoms with Gasteiger partial charge in [-0.1, -0.05) is 109 Å². The zero-order valence-corrected chi connectivity index (χ0v) is 26.7. The van der Waals surface area contributed by atoms with Crippen molar-refractivity contribution < 1.29 is 0 Å². The third-order valence-electron chi connectivity index (χ3n) is 9.31. The van der Waals surface area contributed by atoms with Crippen LogP contribution in [-0.2, 0) is 0 Å². The van der Waals surface area contributed by atoms with E-state index >= 15 is 0 Å². The molecule has 4 heterocycles. The van der Waals surface area contributed by atoms with Crippen LogP contribution in [-0.4, -0.2) is 34.3 Å². The van der Waals surface area contributed by atoms with Crippen molar-refractivity contribution in [3.05, 3.63) is 164 Å². The van der Waals surface area contributed by atoms with Gasteiger partial charge in [-0.05, 0) is 48.5 Å². The number of benzene rings is 6. The summed E-state index contributed by atoms with van der Waals surface area (Å²) >= 11 is 0. The predicted molar refractivity (Wildman–Crippen MR) is 200 cm³/mol. The fourth-order valence-electron chi connectivity index (χ4n) is 7.13. The number of nitrogens with zero attached hydrogens (tertiary/aromatic N) is 7. The van der Waals surface area contributed by atoms with Crippen molar-refractivity contribution in [3.63, 3.8) is 0 Å². The van der Waals surface area contributed by atoms with Gasteiger partial charge in [0.15, 0.2) is 17.5 Å². The van der Waals surface area contributed by atoms with Crippen molar-refractivity contribution in [2.24, 2.45) is 0 Å². The Balaban J connectivity index is 1.25. The minimum absolute atomic E-state index is 0.603. The Morgan fingerprint density at radius 1 is 0.400 bits per heavy atom. The van der Waals surface area contributed by atoms with Crippen LogP contribution < -0.4 is 0 Å². The van der Waals surface area contributed by atoms with Gasteiger partial charge in [-0.25, -0.2) is 15.0 Å². The Labute approximate surface area is 286 Å². The largest absolute Gasteiger partial charge is 0.309 e. The highest BCUT2D eigenvalue weighted by molar-refractivity contribution is 6.25. The third kappa shape index (κ3) is 4.41. The van der Waals surface area contributed by atoms with Gasteiger partial charge >= 0.3 is 0 Å². The van der Waals surface area contributed by atoms with Crippen LogP contribution in [0.1, 0.15) is 0 Å². The van der Waals surface area contributed by atoms with Gasteiger partial charge in [-0.2, -0.15) is 5.10 Å². The van der Waals surface area contributed by atoms with Gasteiger partial charge in [-0.15, -0.1) is 5.10 Å². The molecular weight excluding hydrogens is 615 g/mol. The zero-order valence-electron chi connectivity index (χ0n) is 26.7. The van der Waals surface area contributed by atoms with E-state index in [0.29, 0.717) is 17.5 Å². The monoisotopic (exact) mass is 641 g/mol. The molecule has 0 bridgehead atoms. The number of aromatic nitrogens is 7. The molecule has 0 unspecified atom stereocenters. The number of rotatable bonds is 5. The summed E-state index contributed by atoms with van der Waals surface area (Å²) in [6.45, 7) is 0. The lowest BCUT2D eigenvalue weighted by Crippen LogP contribution is -2.01. The highest BCUT2D eigenvalue weighted by atomic mass is 15.1. The summed E-state index contributed by atoms with van der Waals surface area (Å²) in [5.41, 5.74) is 10.0. The maximum Gasteiger partial charge on any atom is 0.164 e. The molecule has 0 spiro atoms. The first-order valence-corrected chi connectivity index (χ1v) is 16.5. The standard InChI is InChI=1S/C43H27N7/c1-4-13-28(14-5-1)41-45-42(29-15-6-2-7-16-29)47-43(46-41)30-17-12-20-32(27-30)50-37-25-26-44-48-39(37)34-23-24-36-38(40(34)50)33-21-10-11-22-35(33)49(36)31-18-8-3-9-19-31/h1-27H. The summed E-state index contributed by atoms with van der Waals surface area (Å²) in [4.78, 5) is 14.9. The van der Waals surface area contributed by atoms with Crippen LogP contribution >= 0.6 is 0 Å². The normalized spacial score (nSPS) is 11.6. The van der Waals surface area contributed by atoms with E-state index in [1.54, 1.807) is 6.20 Å². The third-order valence-corrected chi connectivity index (χ3v) is 9.31. The van der Waals surface area contributed by atoms with Gasteiger partial charge < -0.3 is 9.13 Å². The number of hydrogen-bond acceptors (Lipinski definition) is 5. The van der Waals surface area contributed by atoms with E-state index in [1.807, 2.05) is 66.7 Å². The molecule has 0 N–H and O–H groups in total. The molecule has 0 saturated heterocycles. The van der Waals surface area contributed by atoms with Gasteiger partial charge in [0, 0.05) is 44.2 Å². The lowest BCUT2D eigenvalue weighted by Gasteiger charge is -2.12. The van der Waals surface area contributed by atoms with Gasteiger partial charge in [0.2, 0.25) is 0 Å². The summed E-state index contributed by atoms with van der Waals surface area (Å²) in [7, 11) is 0. The van der Waals surface area contributed by atoms with Crippen molar-refractivity contribution in [1.82, 2.24) is 34.3 Å². The van der Waals surface area contributed by atoms with Gasteiger partial charge in [-0.3, -0.25) is 0 Å². The molecule has 50 heavy (non-hydrogen) atoms. The van der Waals surface area contributed by atoms with E-state index in [0.717, 1.165) is 66.4 Å². The van der Waals surface area contributed by atoms with E-state index in [1.165, 1.54) is 5.39 Å². The molecule has 0 fully saturated rings. The summed E-state index contributed by atoms with van der Waals surface area (Å²) < 4.78 is 4.65. The maximum absolute atomic E-state index is 5.02. The smallest absolute Gasteiger partial charge is 0.164 e. The van der Waals surface area contributed by atoms with Crippen molar-refractivity contribution in [3.8, 4) is 45.5 Å². The van der Waals surface area contributed by atoms with E-state index in [4.69, 9.17) is 15.0 Å². The van der Waals surface area contributed by atoms with Crippen LogP contribution in [0.4, 0.5) is 0 Å². The van der Waals surface area contributed by atoms with E-state index in [-0.39, 0.29) is 0 Å². The molecule has 0 aliphatic carbocycles. The molecule has 10 aromatic rings. The summed E-state index contributed by atoms with van der Waals surface area (Å²) in [5.74, 6) is 1.86. The van der Waals surface area contributed by atoms with Crippen molar-refractivity contribution in [1.29, 1.82) is 0 Å². The Kier molecular flexibility index (Phi) is 6.35. The average molecular weight is 642 g/mol. The SMILES string of the molecule is c1ccc(-c2nc(-c3ccccc3)nc(-c3cccc(-n4c5ccnnc5c5ccc6c(c7ccccc7n6-c6ccccc6)c54)c3)n2)cc1. The lowest BCUT2D eigenvalue weighted by molar-refractivity contribution is 1.06. The van der Waals surface area contributed by atoms with E-state index in [2.05, 4.69) is 110 Å². The van der Waals surface area contributed by atoms with Crippen LogP contribution in [0.3, 0.4) is 0 Å². The molecule has 0 radical (unpaired) electrons. The molecule has 0 amide bonds. The van der Waals surface area contributed by atoms with Crippen LogP contribution in [0.5, 0.6) is 0 Å². The highest BCUT2D eigenvalue weighted by Gasteiger charge is 2.22. The first-order chi connectivity index (χ1) is 24.8. The van der Waals surface area contributed by atoms with Gasteiger partial charge in [0.25, 0.3) is 0 Å². The summed E-state index contributed by atoms with van der Waals surface area (Å²) in [6.07, 6.45) is 1.76. The molecule has 0 atom stereocenters. The zero-order chi connectivity index (χ0) is 33.0. The van der Waals surface area contributed by atoms with E-state index < -0.39 is 0 Å². The maximum atomic E-state index is 5.02. The Bertz CT molecular complexity index is 2800. The van der Waals surface area contributed by atoms with Crippen molar-refractivity contribution in [2.75, 3.05) is 0 Å². The van der Waals surface area contributed by atoms with Gasteiger partial charge in [0.1, 0.15) is 5.52 Å². The Hall–Kier alpha value is -6.99. The molecule has 234 valence electrons. The highest BCUT2D eigenvalue weighted by Crippen LogP contribution is 2.41. The van der Waals surface area contributed by atoms with Gasteiger partial charge in [0.05, 0.1) is 28.3 Å². The van der Waals surface area contributed by atoms with Crippen LogP contribution in [0.25, 0.3) is 89.3 Å². The topological polar surface area (TPSA) is 74.3 Å². The first kappa shape index (κ1) is 28.1. The number of para-hydroxylation sites is 2. The minimum Gasteiger partial charge on any atom is -0.309 e. The molecule has 0 aliphatic heterocycles. The molecule has 4 aromatic heterocycles. The molecule has 6 aromatic carbocycles. The summed E-state index contributed by atoms with van der Waals surface area (Å²) in [6, 6.07) is 54.1. The second-order valence-corrected chi connectivity index (χ2v) is 12.2. The average Bonchev–Trinajstić information content (AvgIpc) is 3.72. The molecular formula is C43H27N7. The fraction of sp³-hybridized carbons (Fsp3) is 0. The molecule has 0 saturated carbocycles. The van der Waals surface area contributed by atoms with Crippen molar-refractivity contribution >= 4 is 43.7 Å². The number of fused-ring (bicyclic) bond motifs is 7. The first-order valence-electron chi connectivity index (χ1n) is 16.5. The quantitative estimate of drug-likeness (QED) is 0.187. The Morgan fingerprint density at radius 3 is 1.72 bits per heavy atom. The van der Waals surface area contributed by atoms with Crippen LogP contribution in [0.2, 0.25) is 0 Å². The second kappa shape index (κ2) is 11.3. The molecule has 7 nitrogen and oxygen atoms in total. The number of hydrogen-bond donors (Lipinski definition) is 0. The Morgan fingerprint density at radius 2 is 1.00 bits per heavy atom. The second-order valence-electron chi connectivity index (χ2n) is 12.2. The summed E-state index contributed by atoms with van der Waals surface area (Å²) in [5, 5.41) is 12.3. The molecule has 0 aliphatic rings. The minimum atomic E-state index is 0.603. The van der Waals surface area contributed by atoms with Crippen LogP contribution in [0.15, 0.2) is 164 Å². The molecule has 7 heteroatoms. The fourth-order valence-corrected chi connectivity index (χ4v) is 7.13. The predicted octanol–water partition coefficient (Wildman–Crippen LogP) is 9.86. The van der Waals surface area contributed by atoms with Crippen LogP contribution in [0, 0.1) is 0 Å². The lowest BCUT2D eigenvalue weighted by atomic mass is 10.1. The van der Waals surface area contributed by atoms with E-state index in [9.17, 15) is 0 Å². The molecule has 10 rings (SSSR count). The van der Waals surface area contributed by atoms with Crippen molar-refractivity contribution in [2.45, 2.75) is 0 Å².